The molecule has 1 aromatic heterocycles. The van der Waals surface area contributed by atoms with Crippen LogP contribution in [0.25, 0.3) is 0 Å². The molecule has 2 rings (SSSR count). The predicted octanol–water partition coefficient (Wildman–Crippen LogP) is 0.958. The summed E-state index contributed by atoms with van der Waals surface area (Å²) < 4.78 is 7.02. The van der Waals surface area contributed by atoms with Gasteiger partial charge in [0.05, 0.1) is 18.7 Å². The summed E-state index contributed by atoms with van der Waals surface area (Å²) in [5.74, 6) is 0.342. The minimum absolute atomic E-state index is 0.0840. The van der Waals surface area contributed by atoms with Crippen molar-refractivity contribution in [3.63, 3.8) is 0 Å². The Hall–Kier alpha value is -1.16. The third-order valence-electron chi connectivity index (χ3n) is 2.74. The van der Waals surface area contributed by atoms with Gasteiger partial charge in [0.1, 0.15) is 5.78 Å². The van der Waals surface area contributed by atoms with Crippen LogP contribution < -0.4 is 0 Å². The lowest BCUT2D eigenvalue weighted by molar-refractivity contribution is -0.126. The van der Waals surface area contributed by atoms with Crippen LogP contribution in [0, 0.1) is 5.92 Å². The predicted molar refractivity (Wildman–Crippen MR) is 55.5 cm³/mol. The molecule has 0 aromatic carbocycles. The molecule has 2 heterocycles. The number of Topliss-reactive ketones (excluding diaryl/α,β-unsaturated/α-hetero) is 1. The largest absolute Gasteiger partial charge is 0.381 e. The van der Waals surface area contributed by atoms with Crippen LogP contribution in [0.1, 0.15) is 18.5 Å². The average molecular weight is 208 g/mol. The highest BCUT2D eigenvalue weighted by atomic mass is 16.5. The van der Waals surface area contributed by atoms with Crippen molar-refractivity contribution in [1.29, 1.82) is 0 Å². The summed E-state index contributed by atoms with van der Waals surface area (Å²) in [7, 11) is 1.86. The van der Waals surface area contributed by atoms with E-state index in [1.165, 1.54) is 0 Å². The zero-order valence-electron chi connectivity index (χ0n) is 8.98. The van der Waals surface area contributed by atoms with Crippen LogP contribution in [0.2, 0.25) is 0 Å². The molecule has 0 bridgehead atoms. The molecule has 1 atom stereocenters. The van der Waals surface area contributed by atoms with Crippen molar-refractivity contribution in [3.8, 4) is 0 Å². The summed E-state index contributed by atoms with van der Waals surface area (Å²) in [6.07, 6.45) is 4.26. The highest BCUT2D eigenvalue weighted by Crippen LogP contribution is 2.16. The lowest BCUT2D eigenvalue weighted by Gasteiger charge is -2.20. The lowest BCUT2D eigenvalue weighted by atomic mass is 9.95. The molecule has 82 valence electrons. The maximum atomic E-state index is 11.8. The Labute approximate surface area is 89.2 Å². The van der Waals surface area contributed by atoms with E-state index < -0.39 is 0 Å². The number of carbonyl (C=O) groups is 1. The summed E-state index contributed by atoms with van der Waals surface area (Å²) in [4.78, 5) is 11.8. The fourth-order valence-electron chi connectivity index (χ4n) is 1.87. The van der Waals surface area contributed by atoms with Crippen LogP contribution in [0.15, 0.2) is 12.3 Å². The molecule has 0 saturated carbocycles. The number of ether oxygens (including phenoxy) is 1. The van der Waals surface area contributed by atoms with Gasteiger partial charge in [-0.15, -0.1) is 0 Å². The van der Waals surface area contributed by atoms with Crippen molar-refractivity contribution in [3.05, 3.63) is 18.0 Å². The van der Waals surface area contributed by atoms with E-state index >= 15 is 0 Å². The van der Waals surface area contributed by atoms with Crippen LogP contribution in [0.3, 0.4) is 0 Å². The second-order valence-electron chi connectivity index (χ2n) is 4.04. The Morgan fingerprint density at radius 1 is 1.73 bits per heavy atom. The molecule has 0 amide bonds. The highest BCUT2D eigenvalue weighted by Gasteiger charge is 2.22. The SMILES string of the molecule is Cn1ccc(CC(=O)C2CCCOC2)n1. The third-order valence-corrected chi connectivity index (χ3v) is 2.74. The molecular formula is C11H16N2O2. The quantitative estimate of drug-likeness (QED) is 0.743. The van der Waals surface area contributed by atoms with Gasteiger partial charge in [0, 0.05) is 25.8 Å². The van der Waals surface area contributed by atoms with E-state index in [0.717, 1.165) is 25.1 Å². The zero-order valence-corrected chi connectivity index (χ0v) is 8.98. The van der Waals surface area contributed by atoms with Gasteiger partial charge in [-0.25, -0.2) is 0 Å². The average Bonchev–Trinajstić information content (AvgIpc) is 2.65. The van der Waals surface area contributed by atoms with Gasteiger partial charge >= 0.3 is 0 Å². The standard InChI is InChI=1S/C11H16N2O2/c1-13-5-4-10(12-13)7-11(14)9-3-2-6-15-8-9/h4-5,9H,2-3,6-8H2,1H3. The van der Waals surface area contributed by atoms with Gasteiger partial charge in [-0.1, -0.05) is 0 Å². The molecule has 1 aliphatic heterocycles. The molecule has 0 N–H and O–H groups in total. The van der Waals surface area contributed by atoms with Crippen molar-refractivity contribution in [2.45, 2.75) is 19.3 Å². The summed E-state index contributed by atoms with van der Waals surface area (Å²) in [6, 6.07) is 1.89. The van der Waals surface area contributed by atoms with Crippen LogP contribution >= 0.6 is 0 Å². The van der Waals surface area contributed by atoms with Crippen molar-refractivity contribution in [2.24, 2.45) is 13.0 Å². The fraction of sp³-hybridized carbons (Fsp3) is 0.636. The molecule has 1 fully saturated rings. The number of hydrogen-bond acceptors (Lipinski definition) is 3. The number of aromatic nitrogens is 2. The number of ketones is 1. The first-order chi connectivity index (χ1) is 7.25. The van der Waals surface area contributed by atoms with Crippen molar-refractivity contribution in [2.75, 3.05) is 13.2 Å². The van der Waals surface area contributed by atoms with Crippen LogP contribution in [-0.2, 0) is 23.0 Å². The Kier molecular flexibility index (Phi) is 3.16. The van der Waals surface area contributed by atoms with E-state index in [4.69, 9.17) is 4.74 Å². The fourth-order valence-corrected chi connectivity index (χ4v) is 1.87. The summed E-state index contributed by atoms with van der Waals surface area (Å²) in [5, 5.41) is 4.20. The second kappa shape index (κ2) is 4.57. The van der Waals surface area contributed by atoms with Gasteiger partial charge < -0.3 is 4.74 Å². The Balaban J connectivity index is 1.91. The number of aryl methyl sites for hydroxylation is 1. The molecule has 0 radical (unpaired) electrons. The number of hydrogen-bond donors (Lipinski definition) is 0. The van der Waals surface area contributed by atoms with E-state index in [2.05, 4.69) is 5.10 Å². The van der Waals surface area contributed by atoms with Crippen LogP contribution in [-0.4, -0.2) is 28.8 Å². The molecule has 1 aliphatic rings. The van der Waals surface area contributed by atoms with E-state index in [-0.39, 0.29) is 11.7 Å². The maximum absolute atomic E-state index is 11.8. The van der Waals surface area contributed by atoms with Gasteiger partial charge in [-0.2, -0.15) is 5.10 Å². The zero-order chi connectivity index (χ0) is 10.7. The summed E-state index contributed by atoms with van der Waals surface area (Å²) >= 11 is 0. The monoisotopic (exact) mass is 208 g/mol. The van der Waals surface area contributed by atoms with Crippen molar-refractivity contribution < 1.29 is 9.53 Å². The summed E-state index contributed by atoms with van der Waals surface area (Å²) in [5.41, 5.74) is 0.855. The normalized spacial score (nSPS) is 21.5. The molecule has 1 aromatic rings. The minimum atomic E-state index is 0.0840. The molecular weight excluding hydrogens is 192 g/mol. The highest BCUT2D eigenvalue weighted by molar-refractivity contribution is 5.83. The van der Waals surface area contributed by atoms with Crippen molar-refractivity contribution in [1.82, 2.24) is 9.78 Å². The lowest BCUT2D eigenvalue weighted by Crippen LogP contribution is -2.26. The van der Waals surface area contributed by atoms with Crippen LogP contribution in [0.5, 0.6) is 0 Å². The Morgan fingerprint density at radius 3 is 3.20 bits per heavy atom. The number of nitrogens with zero attached hydrogens (tertiary/aromatic N) is 2. The molecule has 15 heavy (non-hydrogen) atoms. The first kappa shape index (κ1) is 10.4. The van der Waals surface area contributed by atoms with Gasteiger partial charge in [-0.05, 0) is 18.9 Å². The van der Waals surface area contributed by atoms with Crippen molar-refractivity contribution >= 4 is 5.78 Å². The molecule has 1 unspecified atom stereocenters. The molecule has 0 spiro atoms. The molecule has 1 saturated heterocycles. The number of rotatable bonds is 3. The molecule has 4 nitrogen and oxygen atoms in total. The number of carbonyl (C=O) groups excluding carboxylic acids is 1. The van der Waals surface area contributed by atoms with Gasteiger partial charge in [-0.3, -0.25) is 9.48 Å². The third kappa shape index (κ3) is 2.65. The minimum Gasteiger partial charge on any atom is -0.381 e. The van der Waals surface area contributed by atoms with E-state index in [1.54, 1.807) is 4.68 Å². The molecule has 4 heteroatoms. The van der Waals surface area contributed by atoms with E-state index in [0.29, 0.717) is 13.0 Å². The summed E-state index contributed by atoms with van der Waals surface area (Å²) in [6.45, 7) is 1.39. The van der Waals surface area contributed by atoms with Gasteiger partial charge in [0.2, 0.25) is 0 Å². The van der Waals surface area contributed by atoms with Gasteiger partial charge in [0.15, 0.2) is 0 Å². The molecule has 0 aliphatic carbocycles. The first-order valence-electron chi connectivity index (χ1n) is 5.34. The Morgan fingerprint density at radius 2 is 2.60 bits per heavy atom. The van der Waals surface area contributed by atoms with E-state index in [9.17, 15) is 4.79 Å². The van der Waals surface area contributed by atoms with Crippen LogP contribution in [0.4, 0.5) is 0 Å². The van der Waals surface area contributed by atoms with Gasteiger partial charge in [0.25, 0.3) is 0 Å². The smallest absolute Gasteiger partial charge is 0.144 e. The second-order valence-corrected chi connectivity index (χ2v) is 4.04. The first-order valence-corrected chi connectivity index (χ1v) is 5.34. The topological polar surface area (TPSA) is 44.1 Å². The maximum Gasteiger partial charge on any atom is 0.144 e. The Bertz CT molecular complexity index is 340. The van der Waals surface area contributed by atoms with E-state index in [1.807, 2.05) is 19.3 Å².